The third kappa shape index (κ3) is 3.22. The molecule has 10 nitrogen and oxygen atoms in total. The Balaban J connectivity index is 1.79. The molecule has 10 heteroatoms. The Kier molecular flexibility index (Phi) is 5.13. The largest absolute Gasteiger partial charge is 0.394 e. The Bertz CT molecular complexity index is 793. The Labute approximate surface area is 156 Å². The first-order valence-electron chi connectivity index (χ1n) is 9.49. The first-order chi connectivity index (χ1) is 13.1. The van der Waals surface area contributed by atoms with E-state index >= 15 is 0 Å². The van der Waals surface area contributed by atoms with Crippen molar-refractivity contribution in [2.45, 2.75) is 63.2 Å². The maximum Gasteiger partial charge on any atom is 0.207 e. The van der Waals surface area contributed by atoms with Gasteiger partial charge in [0.1, 0.15) is 24.6 Å². The van der Waals surface area contributed by atoms with Crippen molar-refractivity contribution in [2.24, 2.45) is 0 Å². The van der Waals surface area contributed by atoms with Gasteiger partial charge in [-0.15, -0.1) is 0 Å². The second kappa shape index (κ2) is 7.55. The molecule has 2 aromatic heterocycles. The Hall–Kier alpha value is -2.01. The zero-order valence-electron chi connectivity index (χ0n) is 15.2. The zero-order valence-corrected chi connectivity index (χ0v) is 15.2. The third-order valence-electron chi connectivity index (χ3n) is 5.28. The lowest BCUT2D eigenvalue weighted by atomic mass is 10.1. The van der Waals surface area contributed by atoms with Crippen molar-refractivity contribution in [3.63, 3.8) is 0 Å². The molecule has 5 N–H and O–H groups in total. The van der Waals surface area contributed by atoms with Crippen LogP contribution in [-0.4, -0.2) is 72.3 Å². The van der Waals surface area contributed by atoms with E-state index in [-0.39, 0.29) is 12.6 Å². The molecule has 4 atom stereocenters. The molecule has 4 rings (SSSR count). The Morgan fingerprint density at radius 1 is 1.22 bits per heavy atom. The molecule has 1 aliphatic heterocycles. The van der Waals surface area contributed by atoms with Crippen molar-refractivity contribution >= 4 is 22.9 Å². The van der Waals surface area contributed by atoms with Gasteiger partial charge in [0.05, 0.1) is 6.61 Å². The van der Waals surface area contributed by atoms with E-state index in [1.54, 1.807) is 4.57 Å². The van der Waals surface area contributed by atoms with E-state index in [0.717, 1.165) is 25.7 Å². The number of nitrogens with one attached hydrogen (secondary N) is 2. The molecule has 0 aromatic carbocycles. The van der Waals surface area contributed by atoms with Gasteiger partial charge in [0.15, 0.2) is 23.2 Å². The number of ether oxygens (including phenoxy) is 1. The van der Waals surface area contributed by atoms with Crippen molar-refractivity contribution in [3.05, 3.63) is 6.33 Å². The second-order valence-corrected chi connectivity index (χ2v) is 7.08. The molecule has 3 heterocycles. The minimum Gasteiger partial charge on any atom is -0.394 e. The number of hydrogen-bond donors (Lipinski definition) is 5. The summed E-state index contributed by atoms with van der Waals surface area (Å²) < 4.78 is 7.41. The highest BCUT2D eigenvalue weighted by Crippen LogP contribution is 2.36. The normalized spacial score (nSPS) is 28.9. The SMILES string of the molecule is CCNc1ncnc2c1nc(NC1CCCC1)n2C1OC(CO)C(O)C1O. The molecule has 1 saturated carbocycles. The van der Waals surface area contributed by atoms with Gasteiger partial charge in [-0.25, -0.2) is 15.0 Å². The van der Waals surface area contributed by atoms with Crippen molar-refractivity contribution < 1.29 is 20.1 Å². The molecule has 2 aromatic rings. The van der Waals surface area contributed by atoms with Crippen LogP contribution < -0.4 is 10.6 Å². The molecule has 27 heavy (non-hydrogen) atoms. The van der Waals surface area contributed by atoms with Crippen LogP contribution in [-0.2, 0) is 4.74 Å². The number of rotatable bonds is 6. The summed E-state index contributed by atoms with van der Waals surface area (Å²) in [5.41, 5.74) is 1.06. The van der Waals surface area contributed by atoms with Crippen molar-refractivity contribution in [1.29, 1.82) is 0 Å². The second-order valence-electron chi connectivity index (χ2n) is 7.08. The quantitative estimate of drug-likeness (QED) is 0.478. The molecule has 0 radical (unpaired) electrons. The van der Waals surface area contributed by atoms with E-state index in [4.69, 9.17) is 4.74 Å². The molecule has 1 saturated heterocycles. The van der Waals surface area contributed by atoms with Crippen LogP contribution >= 0.6 is 0 Å². The Morgan fingerprint density at radius 2 is 2.00 bits per heavy atom. The highest BCUT2D eigenvalue weighted by atomic mass is 16.6. The number of nitrogens with zero attached hydrogens (tertiary/aromatic N) is 4. The van der Waals surface area contributed by atoms with E-state index in [9.17, 15) is 15.3 Å². The lowest BCUT2D eigenvalue weighted by Gasteiger charge is -2.21. The minimum atomic E-state index is -1.21. The van der Waals surface area contributed by atoms with Gasteiger partial charge in [0.2, 0.25) is 5.95 Å². The predicted molar refractivity (Wildman–Crippen MR) is 98.4 cm³/mol. The predicted octanol–water partition coefficient (Wildman–Crippen LogP) is 0.224. The number of aliphatic hydroxyl groups is 3. The van der Waals surface area contributed by atoms with Gasteiger partial charge >= 0.3 is 0 Å². The van der Waals surface area contributed by atoms with Crippen LogP contribution in [0, 0.1) is 0 Å². The summed E-state index contributed by atoms with van der Waals surface area (Å²) in [6.45, 7) is 2.26. The molecule has 2 aliphatic rings. The molecule has 0 bridgehead atoms. The van der Waals surface area contributed by atoms with E-state index in [1.165, 1.54) is 6.33 Å². The molecule has 148 valence electrons. The Morgan fingerprint density at radius 3 is 2.67 bits per heavy atom. The van der Waals surface area contributed by atoms with Crippen LogP contribution in [0.15, 0.2) is 6.33 Å². The first kappa shape index (κ1) is 18.4. The summed E-state index contributed by atoms with van der Waals surface area (Å²) >= 11 is 0. The van der Waals surface area contributed by atoms with E-state index in [2.05, 4.69) is 25.6 Å². The number of anilines is 2. The maximum absolute atomic E-state index is 10.5. The fraction of sp³-hybridized carbons (Fsp3) is 0.706. The van der Waals surface area contributed by atoms with Crippen molar-refractivity contribution in [2.75, 3.05) is 23.8 Å². The van der Waals surface area contributed by atoms with Gasteiger partial charge in [0.25, 0.3) is 0 Å². The van der Waals surface area contributed by atoms with Crippen molar-refractivity contribution in [1.82, 2.24) is 19.5 Å². The maximum atomic E-state index is 10.5. The van der Waals surface area contributed by atoms with Gasteiger partial charge in [0, 0.05) is 12.6 Å². The monoisotopic (exact) mass is 378 g/mol. The van der Waals surface area contributed by atoms with Gasteiger partial charge in [-0.2, -0.15) is 0 Å². The fourth-order valence-electron chi connectivity index (χ4n) is 3.89. The number of aliphatic hydroxyl groups excluding tert-OH is 3. The minimum absolute atomic E-state index is 0.285. The fourth-order valence-corrected chi connectivity index (χ4v) is 3.89. The highest BCUT2D eigenvalue weighted by molar-refractivity contribution is 5.85. The van der Waals surface area contributed by atoms with Crippen LogP contribution in [0.4, 0.5) is 11.8 Å². The van der Waals surface area contributed by atoms with Gasteiger partial charge in [-0.05, 0) is 19.8 Å². The molecule has 1 aliphatic carbocycles. The summed E-state index contributed by atoms with van der Waals surface area (Å²) in [4.78, 5) is 13.3. The summed E-state index contributed by atoms with van der Waals surface area (Å²) in [6.07, 6.45) is 1.68. The summed E-state index contributed by atoms with van der Waals surface area (Å²) in [5.74, 6) is 1.12. The van der Waals surface area contributed by atoms with E-state index < -0.39 is 24.5 Å². The molecule has 0 amide bonds. The van der Waals surface area contributed by atoms with Gasteiger partial charge < -0.3 is 30.7 Å². The lowest BCUT2D eigenvalue weighted by molar-refractivity contribution is -0.0501. The number of hydrogen-bond acceptors (Lipinski definition) is 9. The highest BCUT2D eigenvalue weighted by Gasteiger charge is 2.45. The lowest BCUT2D eigenvalue weighted by Crippen LogP contribution is -2.33. The van der Waals surface area contributed by atoms with Crippen LogP contribution in [0.25, 0.3) is 11.2 Å². The summed E-state index contributed by atoms with van der Waals surface area (Å²) in [7, 11) is 0. The average Bonchev–Trinajstić information content (AvgIpc) is 3.36. The molecule has 4 unspecified atom stereocenters. The van der Waals surface area contributed by atoms with Gasteiger partial charge in [-0.3, -0.25) is 4.57 Å². The number of aromatic nitrogens is 4. The number of fused-ring (bicyclic) bond motifs is 1. The molecule has 0 spiro atoms. The van der Waals surface area contributed by atoms with Crippen LogP contribution in [0.1, 0.15) is 38.8 Å². The summed E-state index contributed by atoms with van der Waals surface area (Å²) in [5, 5.41) is 36.7. The number of imidazole rings is 1. The van der Waals surface area contributed by atoms with Crippen LogP contribution in [0.3, 0.4) is 0 Å². The standard InChI is InChI=1S/C17H26N6O4/c1-2-18-14-11-15(20-8-19-14)23(16-13(26)12(25)10(7-24)27-16)17(22-11)21-9-5-3-4-6-9/h8-10,12-13,16,24-26H,2-7H2,1H3,(H,21,22)(H,18,19,20). The average molecular weight is 378 g/mol. The van der Waals surface area contributed by atoms with Gasteiger partial charge in [-0.1, -0.05) is 12.8 Å². The molecule has 2 fully saturated rings. The van der Waals surface area contributed by atoms with Crippen LogP contribution in [0.2, 0.25) is 0 Å². The third-order valence-corrected chi connectivity index (χ3v) is 5.28. The smallest absolute Gasteiger partial charge is 0.207 e. The molecular formula is C17H26N6O4. The van der Waals surface area contributed by atoms with E-state index in [0.29, 0.717) is 29.5 Å². The van der Waals surface area contributed by atoms with Crippen LogP contribution in [0.5, 0.6) is 0 Å². The zero-order chi connectivity index (χ0) is 19.0. The topological polar surface area (TPSA) is 138 Å². The van der Waals surface area contributed by atoms with E-state index in [1.807, 2.05) is 6.92 Å². The molecular weight excluding hydrogens is 352 g/mol. The van der Waals surface area contributed by atoms with Crippen molar-refractivity contribution in [3.8, 4) is 0 Å². The summed E-state index contributed by atoms with van der Waals surface area (Å²) in [6, 6.07) is 0.285. The first-order valence-corrected chi connectivity index (χ1v) is 9.49.